The summed E-state index contributed by atoms with van der Waals surface area (Å²) in [6.07, 6.45) is 8.11. The number of nitrogens with one attached hydrogen (secondary N) is 1. The first-order valence-corrected chi connectivity index (χ1v) is 13.1. The van der Waals surface area contributed by atoms with Crippen molar-refractivity contribution in [2.45, 2.75) is 19.4 Å². The van der Waals surface area contributed by atoms with Crippen molar-refractivity contribution in [3.8, 4) is 11.1 Å². The third-order valence-corrected chi connectivity index (χ3v) is 6.66. The molecule has 1 aromatic heterocycles. The molecule has 0 bridgehead atoms. The molecule has 4 aromatic rings. The summed E-state index contributed by atoms with van der Waals surface area (Å²) in [7, 11) is 0. The molecule has 1 unspecified atom stereocenters. The minimum absolute atomic E-state index is 0. The van der Waals surface area contributed by atoms with Crippen molar-refractivity contribution < 1.29 is 33.6 Å². The minimum Gasteiger partial charge on any atom is -0.480 e. The van der Waals surface area contributed by atoms with Gasteiger partial charge in [0.2, 0.25) is 0 Å². The zero-order valence-electron chi connectivity index (χ0n) is 21.3. The van der Waals surface area contributed by atoms with E-state index in [0.29, 0.717) is 17.7 Å². The van der Waals surface area contributed by atoms with E-state index in [0.717, 1.165) is 38.7 Å². The van der Waals surface area contributed by atoms with Crippen molar-refractivity contribution in [2.24, 2.45) is 0 Å². The van der Waals surface area contributed by atoms with E-state index in [2.05, 4.69) is 16.4 Å². The van der Waals surface area contributed by atoms with Crippen LogP contribution >= 0.6 is 11.8 Å². The van der Waals surface area contributed by atoms with Gasteiger partial charge in [-0.3, -0.25) is 9.78 Å². The molecule has 0 radical (unpaired) electrons. The second kappa shape index (κ2) is 13.3. The molecule has 1 atom stereocenters. The predicted molar refractivity (Wildman–Crippen MR) is 149 cm³/mol. The van der Waals surface area contributed by atoms with Gasteiger partial charge in [0, 0.05) is 17.1 Å². The number of benzene rings is 3. The van der Waals surface area contributed by atoms with Gasteiger partial charge < -0.3 is 10.4 Å². The molecule has 2 N–H and O–H groups in total. The number of carbonyl (C=O) groups is 2. The van der Waals surface area contributed by atoms with Crippen molar-refractivity contribution in [3.63, 3.8) is 0 Å². The van der Waals surface area contributed by atoms with E-state index in [9.17, 15) is 14.7 Å². The van der Waals surface area contributed by atoms with Gasteiger partial charge in [-0.25, -0.2) is 4.79 Å². The number of pyridine rings is 1. The normalized spacial score (nSPS) is 11.7. The molecule has 3 aromatic carbocycles. The number of para-hydroxylation sites is 1. The number of carboxylic acids is 1. The zero-order chi connectivity index (χ0) is 25.5. The van der Waals surface area contributed by atoms with Gasteiger partial charge in [-0.05, 0) is 77.4 Å². The Morgan fingerprint density at radius 3 is 2.46 bits per heavy atom. The smallest absolute Gasteiger partial charge is 0.480 e. The largest absolute Gasteiger partial charge is 1.00 e. The van der Waals surface area contributed by atoms with E-state index in [1.807, 2.05) is 92.2 Å². The summed E-state index contributed by atoms with van der Waals surface area (Å²) in [5.41, 5.74) is 6.03. The molecule has 0 spiro atoms. The molecular formula is C30H28LiN2O3S+. The number of aromatic nitrogens is 1. The van der Waals surface area contributed by atoms with Crippen LogP contribution < -0.4 is 24.2 Å². The van der Waals surface area contributed by atoms with Gasteiger partial charge in [-0.1, -0.05) is 60.7 Å². The van der Waals surface area contributed by atoms with Crippen LogP contribution in [0.2, 0.25) is 0 Å². The van der Waals surface area contributed by atoms with Gasteiger partial charge in [0.05, 0.1) is 5.52 Å². The maximum atomic E-state index is 13.2. The summed E-state index contributed by atoms with van der Waals surface area (Å²) in [4.78, 5) is 29.5. The molecule has 5 nitrogen and oxygen atoms in total. The van der Waals surface area contributed by atoms with Crippen molar-refractivity contribution in [3.05, 3.63) is 101 Å². The van der Waals surface area contributed by atoms with Crippen LogP contribution in [0.3, 0.4) is 0 Å². The van der Waals surface area contributed by atoms with Crippen LogP contribution in [0.15, 0.2) is 79.0 Å². The number of rotatable bonds is 9. The van der Waals surface area contributed by atoms with Gasteiger partial charge >= 0.3 is 24.8 Å². The molecule has 0 saturated heterocycles. The Morgan fingerprint density at radius 1 is 0.973 bits per heavy atom. The second-order valence-corrected chi connectivity index (χ2v) is 9.55. The van der Waals surface area contributed by atoms with E-state index in [1.54, 1.807) is 17.8 Å². The second-order valence-electron chi connectivity index (χ2n) is 8.56. The first-order chi connectivity index (χ1) is 17.5. The molecule has 0 aliphatic rings. The number of hydrogen-bond acceptors (Lipinski definition) is 4. The molecule has 0 aliphatic heterocycles. The number of amides is 1. The zero-order valence-corrected chi connectivity index (χ0v) is 22.1. The molecule has 7 heteroatoms. The molecule has 0 aliphatic carbocycles. The van der Waals surface area contributed by atoms with Crippen molar-refractivity contribution >= 4 is 46.7 Å². The molecule has 0 fully saturated rings. The van der Waals surface area contributed by atoms with Crippen molar-refractivity contribution in [1.29, 1.82) is 0 Å². The van der Waals surface area contributed by atoms with E-state index < -0.39 is 17.9 Å². The Hall–Kier alpha value is -3.30. The summed E-state index contributed by atoms with van der Waals surface area (Å²) in [6, 6.07) is 22.6. The van der Waals surface area contributed by atoms with Gasteiger partial charge in [0.15, 0.2) is 0 Å². The van der Waals surface area contributed by atoms with Gasteiger partial charge in [-0.15, -0.1) is 0 Å². The standard InChI is InChI=1S/C30H28N2O3S.Li/c1-20-7-3-5-9-24(20)26-18-21(11-12-22-17-23-8-4-6-10-27(23)31-19-22)13-14-25(26)29(33)32-28(30(34)35)15-16-36-2;/h3-14,17-19,28H,15-16H2,1-2H3,(H,32,33)(H,34,35);/q;+1/b12-11+;. The maximum absolute atomic E-state index is 13.2. The summed E-state index contributed by atoms with van der Waals surface area (Å²) in [5, 5.41) is 13.4. The van der Waals surface area contributed by atoms with Crippen LogP contribution in [-0.2, 0) is 4.79 Å². The first-order valence-electron chi connectivity index (χ1n) is 11.7. The number of hydrogen-bond donors (Lipinski definition) is 2. The minimum atomic E-state index is -1.03. The number of aliphatic carboxylic acids is 1. The Labute approximate surface area is 233 Å². The van der Waals surface area contributed by atoms with Crippen LogP contribution in [-0.4, -0.2) is 40.0 Å². The molecule has 1 heterocycles. The molecule has 4 rings (SSSR count). The monoisotopic (exact) mass is 503 g/mol. The Balaban J connectivity index is 0.00000380. The summed E-state index contributed by atoms with van der Waals surface area (Å²) < 4.78 is 0. The summed E-state index contributed by atoms with van der Waals surface area (Å²) >= 11 is 1.55. The quantitative estimate of drug-likeness (QED) is 0.343. The van der Waals surface area contributed by atoms with Crippen molar-refractivity contribution in [1.82, 2.24) is 10.3 Å². The maximum Gasteiger partial charge on any atom is 1.00 e. The van der Waals surface area contributed by atoms with Crippen molar-refractivity contribution in [2.75, 3.05) is 12.0 Å². The molecule has 1 amide bonds. The fourth-order valence-electron chi connectivity index (χ4n) is 4.06. The van der Waals surface area contributed by atoms with Crippen LogP contribution in [0.1, 0.15) is 33.5 Å². The third kappa shape index (κ3) is 7.14. The number of nitrogens with zero attached hydrogens (tertiary/aromatic N) is 1. The fourth-order valence-corrected chi connectivity index (χ4v) is 4.53. The average molecular weight is 504 g/mol. The van der Waals surface area contributed by atoms with Gasteiger partial charge in [-0.2, -0.15) is 11.8 Å². The number of fused-ring (bicyclic) bond motifs is 1. The molecule has 37 heavy (non-hydrogen) atoms. The number of carboxylic acid groups (broad SMARTS) is 1. The van der Waals surface area contributed by atoms with Crippen LogP contribution in [0.5, 0.6) is 0 Å². The third-order valence-electron chi connectivity index (χ3n) is 6.02. The van der Waals surface area contributed by atoms with E-state index in [-0.39, 0.29) is 18.9 Å². The van der Waals surface area contributed by atoms with Crippen LogP contribution in [0.25, 0.3) is 34.2 Å². The molecule has 182 valence electrons. The summed E-state index contributed by atoms with van der Waals surface area (Å²) in [6.45, 7) is 2.00. The summed E-state index contributed by atoms with van der Waals surface area (Å²) in [5.74, 6) is -0.774. The van der Waals surface area contributed by atoms with Crippen LogP contribution in [0, 0.1) is 6.92 Å². The van der Waals surface area contributed by atoms with E-state index >= 15 is 0 Å². The topological polar surface area (TPSA) is 79.3 Å². The Kier molecular flexibility index (Phi) is 10.2. The van der Waals surface area contributed by atoms with Gasteiger partial charge in [0.1, 0.15) is 6.04 Å². The average Bonchev–Trinajstić information content (AvgIpc) is 2.89. The van der Waals surface area contributed by atoms with E-state index in [1.165, 1.54) is 0 Å². The number of carbonyl (C=O) groups excluding carboxylic acids is 1. The Morgan fingerprint density at radius 2 is 1.70 bits per heavy atom. The molecular weight excluding hydrogens is 475 g/mol. The fraction of sp³-hybridized carbons (Fsp3) is 0.167. The number of thioether (sulfide) groups is 1. The number of aryl methyl sites for hydroxylation is 1. The SMILES string of the molecule is CSCCC(NC(=O)c1ccc(/C=C/c2cnc3ccccc3c2)cc1-c1ccccc1C)C(=O)O.[Li+]. The predicted octanol–water partition coefficient (Wildman–Crippen LogP) is 3.32. The van der Waals surface area contributed by atoms with Gasteiger partial charge in [0.25, 0.3) is 5.91 Å². The van der Waals surface area contributed by atoms with Crippen LogP contribution in [0.4, 0.5) is 0 Å². The first kappa shape index (κ1) is 28.3. The van der Waals surface area contributed by atoms with E-state index in [4.69, 9.17) is 0 Å². The Bertz CT molecular complexity index is 1440. The molecule has 0 saturated carbocycles.